The van der Waals surface area contributed by atoms with Gasteiger partial charge in [-0.1, -0.05) is 0 Å². The maximum Gasteiger partial charge on any atom is 0.141 e. The van der Waals surface area contributed by atoms with Gasteiger partial charge in [0.25, 0.3) is 0 Å². The van der Waals surface area contributed by atoms with Crippen molar-refractivity contribution in [2.75, 3.05) is 0 Å². The summed E-state index contributed by atoms with van der Waals surface area (Å²) in [6.07, 6.45) is 5.19. The third kappa shape index (κ3) is 1.30. The van der Waals surface area contributed by atoms with Crippen LogP contribution >= 0.6 is 0 Å². The Hall–Kier alpha value is -2.10. The number of nitrogens with one attached hydrogen (secondary N) is 1. The van der Waals surface area contributed by atoms with E-state index >= 15 is 0 Å². The Morgan fingerprint density at radius 3 is 3.07 bits per heavy atom. The number of aryl methyl sites for hydroxylation is 1. The fraction of sp³-hybridized carbons (Fsp3) is 0.0909. The van der Waals surface area contributed by atoms with Crippen molar-refractivity contribution in [2.45, 2.75) is 6.92 Å². The van der Waals surface area contributed by atoms with Gasteiger partial charge in [-0.25, -0.2) is 4.98 Å². The molecule has 3 aromatic rings. The predicted molar refractivity (Wildman–Crippen MR) is 56.3 cm³/mol. The van der Waals surface area contributed by atoms with Gasteiger partial charge >= 0.3 is 0 Å². The number of aromatic amines is 1. The molecule has 3 heterocycles. The molecule has 1 N–H and O–H groups in total. The molecular formula is C11H9N3O. The summed E-state index contributed by atoms with van der Waals surface area (Å²) >= 11 is 0. The van der Waals surface area contributed by atoms with Crippen LogP contribution in [0.3, 0.4) is 0 Å². The Labute approximate surface area is 86.0 Å². The normalized spacial score (nSPS) is 11.0. The number of pyridine rings is 1. The van der Waals surface area contributed by atoms with Crippen molar-refractivity contribution in [3.63, 3.8) is 0 Å². The lowest BCUT2D eigenvalue weighted by atomic mass is 10.3. The molecule has 0 bridgehead atoms. The molecule has 0 saturated carbocycles. The first-order chi connectivity index (χ1) is 7.33. The smallest absolute Gasteiger partial charge is 0.141 e. The number of rotatable bonds is 1. The van der Waals surface area contributed by atoms with Gasteiger partial charge in [-0.15, -0.1) is 0 Å². The summed E-state index contributed by atoms with van der Waals surface area (Å²) in [5.74, 6) is 1.69. The van der Waals surface area contributed by atoms with Gasteiger partial charge in [0.15, 0.2) is 0 Å². The molecule has 0 aliphatic rings. The molecule has 0 atom stereocenters. The van der Waals surface area contributed by atoms with E-state index in [-0.39, 0.29) is 0 Å². The number of aromatic nitrogens is 3. The molecule has 0 aliphatic heterocycles. The van der Waals surface area contributed by atoms with Gasteiger partial charge in [-0.3, -0.25) is 4.98 Å². The van der Waals surface area contributed by atoms with E-state index in [2.05, 4.69) is 15.0 Å². The van der Waals surface area contributed by atoms with Gasteiger partial charge in [0.2, 0.25) is 0 Å². The first-order valence-electron chi connectivity index (χ1n) is 4.68. The lowest BCUT2D eigenvalue weighted by Gasteiger charge is -1.85. The molecular weight excluding hydrogens is 190 g/mol. The van der Waals surface area contributed by atoms with Crippen LogP contribution in [0.5, 0.6) is 0 Å². The van der Waals surface area contributed by atoms with E-state index in [0.717, 1.165) is 28.2 Å². The first-order valence-corrected chi connectivity index (χ1v) is 4.68. The fourth-order valence-corrected chi connectivity index (χ4v) is 1.56. The largest absolute Gasteiger partial charge is 0.469 e. The zero-order valence-corrected chi connectivity index (χ0v) is 8.19. The summed E-state index contributed by atoms with van der Waals surface area (Å²) in [6.45, 7) is 1.91. The monoisotopic (exact) mass is 199 g/mol. The van der Waals surface area contributed by atoms with Crippen molar-refractivity contribution in [1.82, 2.24) is 15.0 Å². The Balaban J connectivity index is 2.19. The van der Waals surface area contributed by atoms with Crippen LogP contribution in [0.2, 0.25) is 0 Å². The third-order valence-corrected chi connectivity index (χ3v) is 2.29. The zero-order valence-electron chi connectivity index (χ0n) is 8.19. The quantitative estimate of drug-likeness (QED) is 0.655. The number of H-pyrrole nitrogens is 1. The van der Waals surface area contributed by atoms with Crippen LogP contribution < -0.4 is 0 Å². The highest BCUT2D eigenvalue weighted by molar-refractivity contribution is 5.78. The number of imidazole rings is 1. The highest BCUT2D eigenvalue weighted by Gasteiger charge is 2.06. The molecule has 4 nitrogen and oxygen atoms in total. The standard InChI is InChI=1S/C11H9N3O/c1-7-4-8(6-15-7)11-13-9-2-3-12-5-10(9)14-11/h2-6H,1H3,(H,13,14). The summed E-state index contributed by atoms with van der Waals surface area (Å²) in [5, 5.41) is 0. The van der Waals surface area contributed by atoms with Crippen molar-refractivity contribution in [2.24, 2.45) is 0 Å². The Bertz CT molecular complexity index is 576. The average molecular weight is 199 g/mol. The number of furan rings is 1. The molecule has 0 amide bonds. The topological polar surface area (TPSA) is 54.7 Å². The minimum atomic E-state index is 0.815. The number of nitrogens with zero attached hydrogens (tertiary/aromatic N) is 2. The lowest BCUT2D eigenvalue weighted by molar-refractivity contribution is 0.535. The van der Waals surface area contributed by atoms with E-state index in [4.69, 9.17) is 4.42 Å². The van der Waals surface area contributed by atoms with Crippen molar-refractivity contribution < 1.29 is 4.42 Å². The van der Waals surface area contributed by atoms with Gasteiger partial charge in [-0.05, 0) is 19.1 Å². The highest BCUT2D eigenvalue weighted by Crippen LogP contribution is 2.21. The van der Waals surface area contributed by atoms with E-state index in [9.17, 15) is 0 Å². The average Bonchev–Trinajstić information content (AvgIpc) is 2.82. The minimum absolute atomic E-state index is 0.815. The molecule has 0 unspecified atom stereocenters. The minimum Gasteiger partial charge on any atom is -0.469 e. The summed E-state index contributed by atoms with van der Waals surface area (Å²) < 4.78 is 5.24. The van der Waals surface area contributed by atoms with Gasteiger partial charge in [0.05, 0.1) is 22.8 Å². The summed E-state index contributed by atoms with van der Waals surface area (Å²) in [5.41, 5.74) is 2.81. The second-order valence-corrected chi connectivity index (χ2v) is 3.42. The summed E-state index contributed by atoms with van der Waals surface area (Å²) in [6, 6.07) is 3.83. The molecule has 0 fully saturated rings. The van der Waals surface area contributed by atoms with Crippen LogP contribution in [0, 0.1) is 6.92 Å². The molecule has 3 rings (SSSR count). The Kier molecular flexibility index (Phi) is 1.62. The maximum absolute atomic E-state index is 5.24. The third-order valence-electron chi connectivity index (χ3n) is 2.29. The fourth-order valence-electron chi connectivity index (χ4n) is 1.56. The molecule has 0 radical (unpaired) electrons. The Morgan fingerprint density at radius 2 is 2.33 bits per heavy atom. The van der Waals surface area contributed by atoms with Gasteiger partial charge in [0, 0.05) is 6.20 Å². The second-order valence-electron chi connectivity index (χ2n) is 3.42. The predicted octanol–water partition coefficient (Wildman–Crippen LogP) is 2.53. The molecule has 4 heteroatoms. The van der Waals surface area contributed by atoms with E-state index in [1.165, 1.54) is 0 Å². The van der Waals surface area contributed by atoms with Crippen molar-refractivity contribution in [3.05, 3.63) is 36.5 Å². The molecule has 3 aromatic heterocycles. The van der Waals surface area contributed by atoms with Crippen LogP contribution in [0.25, 0.3) is 22.4 Å². The SMILES string of the molecule is Cc1cc(-c2nc3ccncc3[nH]2)co1. The highest BCUT2D eigenvalue weighted by atomic mass is 16.3. The van der Waals surface area contributed by atoms with Crippen LogP contribution in [-0.4, -0.2) is 15.0 Å². The van der Waals surface area contributed by atoms with Crippen LogP contribution in [-0.2, 0) is 0 Å². The molecule has 74 valence electrons. The van der Waals surface area contributed by atoms with Crippen molar-refractivity contribution >= 4 is 11.0 Å². The maximum atomic E-state index is 5.24. The van der Waals surface area contributed by atoms with Gasteiger partial charge in [0.1, 0.15) is 17.8 Å². The molecule has 0 aromatic carbocycles. The molecule has 0 spiro atoms. The van der Waals surface area contributed by atoms with Crippen molar-refractivity contribution in [1.29, 1.82) is 0 Å². The second kappa shape index (κ2) is 2.95. The molecule has 15 heavy (non-hydrogen) atoms. The number of hydrogen-bond acceptors (Lipinski definition) is 3. The molecule has 0 aliphatic carbocycles. The van der Waals surface area contributed by atoms with Crippen LogP contribution in [0.15, 0.2) is 35.2 Å². The van der Waals surface area contributed by atoms with E-state index in [0.29, 0.717) is 0 Å². The zero-order chi connectivity index (χ0) is 10.3. The Morgan fingerprint density at radius 1 is 1.40 bits per heavy atom. The lowest BCUT2D eigenvalue weighted by Crippen LogP contribution is -1.74. The van der Waals surface area contributed by atoms with E-state index < -0.39 is 0 Å². The number of fused-ring (bicyclic) bond motifs is 1. The van der Waals surface area contributed by atoms with E-state index in [1.807, 2.05) is 19.1 Å². The van der Waals surface area contributed by atoms with Gasteiger partial charge < -0.3 is 9.40 Å². The van der Waals surface area contributed by atoms with Crippen molar-refractivity contribution in [3.8, 4) is 11.4 Å². The first kappa shape index (κ1) is 8.23. The van der Waals surface area contributed by atoms with Gasteiger partial charge in [-0.2, -0.15) is 0 Å². The number of hydrogen-bond donors (Lipinski definition) is 1. The van der Waals surface area contributed by atoms with Crippen LogP contribution in [0.1, 0.15) is 5.76 Å². The van der Waals surface area contributed by atoms with Crippen LogP contribution in [0.4, 0.5) is 0 Å². The summed E-state index contributed by atoms with van der Waals surface area (Å²) in [4.78, 5) is 11.7. The molecule has 0 saturated heterocycles. The van der Waals surface area contributed by atoms with E-state index in [1.54, 1.807) is 18.7 Å². The summed E-state index contributed by atoms with van der Waals surface area (Å²) in [7, 11) is 0.